The first kappa shape index (κ1) is 13.0. The number of thiophene rings is 1. The molecule has 0 saturated heterocycles. The lowest BCUT2D eigenvalue weighted by Gasteiger charge is -2.21. The highest BCUT2D eigenvalue weighted by Crippen LogP contribution is 2.39. The van der Waals surface area contributed by atoms with Crippen molar-refractivity contribution in [3.05, 3.63) is 11.6 Å². The van der Waals surface area contributed by atoms with Gasteiger partial charge in [0.1, 0.15) is 8.42 Å². The molecule has 0 spiro atoms. The van der Waals surface area contributed by atoms with Crippen LogP contribution in [0.25, 0.3) is 0 Å². The second-order valence-electron chi connectivity index (χ2n) is 3.80. The van der Waals surface area contributed by atoms with Gasteiger partial charge in [0.25, 0.3) is 0 Å². The van der Waals surface area contributed by atoms with E-state index in [0.717, 1.165) is 11.3 Å². The number of primary sulfonamides is 1. The van der Waals surface area contributed by atoms with Crippen molar-refractivity contribution in [1.29, 1.82) is 0 Å². The lowest BCUT2D eigenvalue weighted by Crippen LogP contribution is -2.25. The van der Waals surface area contributed by atoms with Crippen molar-refractivity contribution in [1.82, 2.24) is 5.32 Å². The minimum absolute atomic E-state index is 0.0239. The van der Waals surface area contributed by atoms with Gasteiger partial charge < -0.3 is 5.32 Å². The maximum absolute atomic E-state index is 11.8. The molecule has 9 heteroatoms. The molecule has 0 saturated carbocycles. The molecule has 0 bridgehead atoms. The molecule has 96 valence electrons. The first-order valence-electron chi connectivity index (χ1n) is 4.82. The van der Waals surface area contributed by atoms with Gasteiger partial charge in [0.05, 0.1) is 5.75 Å². The van der Waals surface area contributed by atoms with Gasteiger partial charge in [0, 0.05) is 11.6 Å². The number of nitrogens with two attached hydrogens (primary N) is 1. The molecule has 1 atom stereocenters. The van der Waals surface area contributed by atoms with Crippen molar-refractivity contribution < 1.29 is 16.8 Å². The Morgan fingerprint density at radius 1 is 1.53 bits per heavy atom. The number of nitrogens with one attached hydrogen (secondary N) is 1. The van der Waals surface area contributed by atoms with Crippen molar-refractivity contribution in [2.75, 3.05) is 12.8 Å². The van der Waals surface area contributed by atoms with Crippen molar-refractivity contribution in [3.8, 4) is 0 Å². The third-order valence-electron chi connectivity index (χ3n) is 2.66. The van der Waals surface area contributed by atoms with Crippen LogP contribution >= 0.6 is 11.3 Å². The van der Waals surface area contributed by atoms with Crippen LogP contribution in [0, 0.1) is 0 Å². The smallest absolute Gasteiger partial charge is 0.247 e. The molecular weight excluding hydrogens is 284 g/mol. The van der Waals surface area contributed by atoms with Crippen molar-refractivity contribution in [2.45, 2.75) is 20.9 Å². The molecule has 1 aromatic rings. The second-order valence-corrected chi connectivity index (χ2v) is 8.95. The molecule has 1 aliphatic rings. The number of rotatable bonds is 2. The van der Waals surface area contributed by atoms with Crippen LogP contribution in [0.15, 0.2) is 14.5 Å². The molecule has 2 heterocycles. The van der Waals surface area contributed by atoms with Crippen LogP contribution in [0.4, 0.5) is 0 Å². The van der Waals surface area contributed by atoms with Gasteiger partial charge in [-0.05, 0) is 19.5 Å². The molecule has 0 fully saturated rings. The van der Waals surface area contributed by atoms with Gasteiger partial charge in [-0.25, -0.2) is 22.0 Å². The molecule has 2 rings (SSSR count). The van der Waals surface area contributed by atoms with Crippen LogP contribution in [-0.4, -0.2) is 29.6 Å². The summed E-state index contributed by atoms with van der Waals surface area (Å²) < 4.78 is 46.1. The van der Waals surface area contributed by atoms with Crippen LogP contribution in [0.5, 0.6) is 0 Å². The zero-order valence-corrected chi connectivity index (χ0v) is 11.5. The van der Waals surface area contributed by atoms with E-state index in [-0.39, 0.29) is 20.2 Å². The van der Waals surface area contributed by atoms with E-state index in [9.17, 15) is 16.8 Å². The Morgan fingerprint density at radius 2 is 2.18 bits per heavy atom. The van der Waals surface area contributed by atoms with Gasteiger partial charge in [0.2, 0.25) is 10.0 Å². The lowest BCUT2D eigenvalue weighted by molar-refractivity contribution is 0.533. The summed E-state index contributed by atoms with van der Waals surface area (Å²) in [5.74, 6) is 0.0239. The van der Waals surface area contributed by atoms with Crippen LogP contribution in [0.2, 0.25) is 0 Å². The number of sulfonamides is 1. The molecule has 1 aliphatic heterocycles. The third-order valence-corrected chi connectivity index (χ3v) is 7.62. The average Bonchev–Trinajstić information content (AvgIpc) is 2.63. The maximum Gasteiger partial charge on any atom is 0.247 e. The number of sulfone groups is 1. The molecule has 6 nitrogen and oxygen atoms in total. The van der Waals surface area contributed by atoms with Crippen molar-refractivity contribution >= 4 is 31.2 Å². The summed E-state index contributed by atoms with van der Waals surface area (Å²) in [7, 11) is -5.51. The Bertz CT molecular complexity index is 644. The highest BCUT2D eigenvalue weighted by molar-refractivity contribution is 7.95. The normalized spacial score (nSPS) is 23.3. The summed E-state index contributed by atoms with van der Waals surface area (Å²) in [6.07, 6.45) is 0.437. The lowest BCUT2D eigenvalue weighted by atomic mass is 10.1. The van der Waals surface area contributed by atoms with Gasteiger partial charge in [-0.2, -0.15) is 0 Å². The summed E-state index contributed by atoms with van der Waals surface area (Å²) in [5, 5.41) is 7.98. The van der Waals surface area contributed by atoms with Gasteiger partial charge in [0.15, 0.2) is 9.84 Å². The fraction of sp³-hybridized carbons (Fsp3) is 0.500. The van der Waals surface area contributed by atoms with Crippen LogP contribution in [-0.2, 0) is 19.9 Å². The van der Waals surface area contributed by atoms with E-state index in [0.29, 0.717) is 12.0 Å². The van der Waals surface area contributed by atoms with Gasteiger partial charge >= 0.3 is 0 Å². The summed E-state index contributed by atoms with van der Waals surface area (Å²) >= 11 is 0.727. The van der Waals surface area contributed by atoms with E-state index in [1.54, 1.807) is 7.05 Å². The first-order chi connectivity index (χ1) is 7.75. The first-order valence-corrected chi connectivity index (χ1v) is 8.84. The van der Waals surface area contributed by atoms with Gasteiger partial charge in [-0.15, -0.1) is 11.3 Å². The van der Waals surface area contributed by atoms with E-state index >= 15 is 0 Å². The molecule has 1 unspecified atom stereocenters. The Kier molecular flexibility index (Phi) is 3.07. The molecule has 0 amide bonds. The largest absolute Gasteiger partial charge is 0.313 e. The second kappa shape index (κ2) is 4.02. The number of hydrogen-bond acceptors (Lipinski definition) is 6. The Hall–Kier alpha value is -0.480. The van der Waals surface area contributed by atoms with Crippen LogP contribution < -0.4 is 10.5 Å². The highest BCUT2D eigenvalue weighted by Gasteiger charge is 2.33. The van der Waals surface area contributed by atoms with Crippen molar-refractivity contribution in [2.24, 2.45) is 5.14 Å². The van der Waals surface area contributed by atoms with E-state index in [1.807, 2.05) is 0 Å². The monoisotopic (exact) mass is 296 g/mol. The summed E-state index contributed by atoms with van der Waals surface area (Å²) in [5.41, 5.74) is 0.507. The zero-order chi connectivity index (χ0) is 12.8. The molecule has 0 radical (unpaired) electrons. The average molecular weight is 296 g/mol. The van der Waals surface area contributed by atoms with E-state index in [2.05, 4.69) is 5.32 Å². The fourth-order valence-corrected chi connectivity index (χ4v) is 5.98. The minimum Gasteiger partial charge on any atom is -0.313 e. The quantitative estimate of drug-likeness (QED) is 0.788. The van der Waals surface area contributed by atoms with Crippen LogP contribution in [0.1, 0.15) is 18.0 Å². The SMILES string of the molecule is CNC1CCS(=O)(=O)c2sc(S(N)(=O)=O)cc21. The number of fused-ring (bicyclic) bond motifs is 1. The standard InChI is InChI=1S/C8H12N2O4S3/c1-10-6-2-3-16(11,12)8-5(6)4-7(15-8)17(9,13)14/h4,6,10H,2-3H2,1H3,(H2,9,13,14). The highest BCUT2D eigenvalue weighted by atomic mass is 32.3. The molecule has 3 N–H and O–H groups in total. The van der Waals surface area contributed by atoms with E-state index < -0.39 is 19.9 Å². The summed E-state index contributed by atoms with van der Waals surface area (Å²) in [6, 6.07) is 1.22. The van der Waals surface area contributed by atoms with E-state index in [1.165, 1.54) is 6.07 Å². The molecule has 1 aromatic heterocycles. The maximum atomic E-state index is 11.8. The number of hydrogen-bond donors (Lipinski definition) is 2. The minimum atomic E-state index is -3.85. The Labute approximate surface area is 104 Å². The Morgan fingerprint density at radius 3 is 2.71 bits per heavy atom. The van der Waals surface area contributed by atoms with Gasteiger partial charge in [-0.1, -0.05) is 0 Å². The molecular formula is C8H12N2O4S3. The predicted octanol–water partition coefficient (Wildman–Crippen LogP) is -0.167. The molecule has 0 aliphatic carbocycles. The molecule has 17 heavy (non-hydrogen) atoms. The van der Waals surface area contributed by atoms with Crippen LogP contribution in [0.3, 0.4) is 0 Å². The predicted molar refractivity (Wildman–Crippen MR) is 64.2 cm³/mol. The fourth-order valence-electron chi connectivity index (χ4n) is 1.81. The van der Waals surface area contributed by atoms with Crippen molar-refractivity contribution in [3.63, 3.8) is 0 Å². The molecule has 0 aromatic carbocycles. The summed E-state index contributed by atoms with van der Waals surface area (Å²) in [4.78, 5) is 0. The van der Waals surface area contributed by atoms with Gasteiger partial charge in [-0.3, -0.25) is 0 Å². The zero-order valence-electron chi connectivity index (χ0n) is 9.00. The Balaban J connectivity index is 2.68. The van der Waals surface area contributed by atoms with E-state index in [4.69, 9.17) is 5.14 Å². The topological polar surface area (TPSA) is 106 Å². The summed E-state index contributed by atoms with van der Waals surface area (Å²) in [6.45, 7) is 0. The third kappa shape index (κ3) is 2.25.